The molecule has 1 aliphatic rings. The number of benzene rings is 1. The Hall–Kier alpha value is -1.77. The molecule has 1 aromatic carbocycles. The van der Waals surface area contributed by atoms with Crippen LogP contribution in [0.2, 0.25) is 0 Å². The highest BCUT2D eigenvalue weighted by molar-refractivity contribution is 5.94. The molecule has 0 saturated carbocycles. The summed E-state index contributed by atoms with van der Waals surface area (Å²) in [6.07, 6.45) is -8.24. The first kappa shape index (κ1) is 17.6. The number of rotatable bonds is 3. The number of halogens is 6. The van der Waals surface area contributed by atoms with E-state index in [4.69, 9.17) is 0 Å². The van der Waals surface area contributed by atoms with E-state index in [-0.39, 0.29) is 18.7 Å². The SMILES string of the molecule is O=C(NC[C@H]1CCCN1)c1cc(C(F)(F)F)cc(C(F)(F)F)c1. The molecule has 1 aromatic rings. The zero-order valence-corrected chi connectivity index (χ0v) is 11.8. The minimum atomic E-state index is -4.97. The minimum absolute atomic E-state index is 0.00466. The van der Waals surface area contributed by atoms with Crippen LogP contribution in [0.1, 0.15) is 34.3 Å². The van der Waals surface area contributed by atoms with Crippen molar-refractivity contribution >= 4 is 5.91 Å². The Labute approximate surface area is 128 Å². The fourth-order valence-corrected chi connectivity index (χ4v) is 2.33. The molecule has 128 valence electrons. The van der Waals surface area contributed by atoms with Gasteiger partial charge in [0.1, 0.15) is 0 Å². The van der Waals surface area contributed by atoms with Crippen molar-refractivity contribution < 1.29 is 31.1 Å². The fraction of sp³-hybridized carbons (Fsp3) is 0.500. The molecular weight excluding hydrogens is 326 g/mol. The third-order valence-electron chi connectivity index (χ3n) is 3.52. The summed E-state index contributed by atoms with van der Waals surface area (Å²) in [4.78, 5) is 11.9. The number of carbonyl (C=O) groups excluding carboxylic acids is 1. The summed E-state index contributed by atoms with van der Waals surface area (Å²) in [5, 5.41) is 5.42. The van der Waals surface area contributed by atoms with Crippen LogP contribution in [0.4, 0.5) is 26.3 Å². The highest BCUT2D eigenvalue weighted by atomic mass is 19.4. The molecule has 1 fully saturated rings. The summed E-state index contributed by atoms with van der Waals surface area (Å²) < 4.78 is 76.3. The van der Waals surface area contributed by atoms with E-state index < -0.39 is 35.0 Å². The van der Waals surface area contributed by atoms with Crippen molar-refractivity contribution in [3.63, 3.8) is 0 Å². The predicted octanol–water partition coefficient (Wildman–Crippen LogP) is 3.21. The molecule has 0 spiro atoms. The van der Waals surface area contributed by atoms with Gasteiger partial charge in [0.2, 0.25) is 0 Å². The number of hydrogen-bond donors (Lipinski definition) is 2. The van der Waals surface area contributed by atoms with Gasteiger partial charge < -0.3 is 10.6 Å². The van der Waals surface area contributed by atoms with Crippen molar-refractivity contribution in [3.05, 3.63) is 34.9 Å². The lowest BCUT2D eigenvalue weighted by molar-refractivity contribution is -0.143. The van der Waals surface area contributed by atoms with Gasteiger partial charge in [-0.1, -0.05) is 0 Å². The molecule has 0 unspecified atom stereocenters. The van der Waals surface area contributed by atoms with Crippen molar-refractivity contribution in [2.24, 2.45) is 0 Å². The first-order chi connectivity index (χ1) is 10.6. The molecule has 1 amide bonds. The fourth-order valence-electron chi connectivity index (χ4n) is 2.33. The monoisotopic (exact) mass is 340 g/mol. The summed E-state index contributed by atoms with van der Waals surface area (Å²) in [6, 6.07) is 0.820. The maximum Gasteiger partial charge on any atom is 0.416 e. The number of amides is 1. The van der Waals surface area contributed by atoms with Gasteiger partial charge in [0.15, 0.2) is 0 Å². The molecule has 1 aliphatic heterocycles. The van der Waals surface area contributed by atoms with Gasteiger partial charge >= 0.3 is 12.4 Å². The highest BCUT2D eigenvalue weighted by Gasteiger charge is 2.37. The second kappa shape index (κ2) is 6.38. The first-order valence-corrected chi connectivity index (χ1v) is 6.88. The standard InChI is InChI=1S/C14H14F6N2O/c15-13(16,17)9-4-8(5-10(6-9)14(18,19)20)12(23)22-7-11-2-1-3-21-11/h4-6,11,21H,1-3,7H2,(H,22,23)/t11-/m1/s1. The van der Waals surface area contributed by atoms with Gasteiger partial charge in [-0.2, -0.15) is 26.3 Å². The van der Waals surface area contributed by atoms with E-state index in [2.05, 4.69) is 10.6 Å². The van der Waals surface area contributed by atoms with E-state index in [1.807, 2.05) is 0 Å². The van der Waals surface area contributed by atoms with Gasteiger partial charge in [-0.3, -0.25) is 4.79 Å². The van der Waals surface area contributed by atoms with E-state index in [0.29, 0.717) is 12.1 Å². The zero-order valence-electron chi connectivity index (χ0n) is 11.8. The molecule has 3 nitrogen and oxygen atoms in total. The van der Waals surface area contributed by atoms with E-state index >= 15 is 0 Å². The van der Waals surface area contributed by atoms with E-state index in [0.717, 1.165) is 19.4 Å². The molecule has 2 N–H and O–H groups in total. The number of carbonyl (C=O) groups is 1. The van der Waals surface area contributed by atoms with Gasteiger partial charge in [-0.05, 0) is 37.6 Å². The Balaban J connectivity index is 2.23. The minimum Gasteiger partial charge on any atom is -0.350 e. The maximum absolute atomic E-state index is 12.7. The molecule has 0 aliphatic carbocycles. The Morgan fingerprint density at radius 1 is 1.09 bits per heavy atom. The summed E-state index contributed by atoms with van der Waals surface area (Å²) in [5.41, 5.74) is -3.67. The molecule has 1 heterocycles. The van der Waals surface area contributed by atoms with Crippen LogP contribution in [0.25, 0.3) is 0 Å². The summed E-state index contributed by atoms with van der Waals surface area (Å²) >= 11 is 0. The van der Waals surface area contributed by atoms with E-state index in [1.54, 1.807) is 0 Å². The normalized spacial score (nSPS) is 19.0. The lowest BCUT2D eigenvalue weighted by atomic mass is 10.0. The smallest absolute Gasteiger partial charge is 0.350 e. The Kier molecular flexibility index (Phi) is 4.88. The van der Waals surface area contributed by atoms with Gasteiger partial charge in [-0.15, -0.1) is 0 Å². The average molecular weight is 340 g/mol. The molecule has 0 aromatic heterocycles. The largest absolute Gasteiger partial charge is 0.416 e. The molecule has 2 rings (SSSR count). The van der Waals surface area contributed by atoms with Crippen molar-refractivity contribution in [2.45, 2.75) is 31.2 Å². The predicted molar refractivity (Wildman–Crippen MR) is 69.8 cm³/mol. The highest BCUT2D eigenvalue weighted by Crippen LogP contribution is 2.36. The molecule has 9 heteroatoms. The summed E-state index contributed by atoms with van der Waals surface area (Å²) in [5.74, 6) is -0.963. The Morgan fingerprint density at radius 2 is 1.65 bits per heavy atom. The maximum atomic E-state index is 12.7. The van der Waals surface area contributed by atoms with Crippen LogP contribution < -0.4 is 10.6 Å². The number of nitrogens with one attached hydrogen (secondary N) is 2. The van der Waals surface area contributed by atoms with Crippen molar-refractivity contribution in [1.82, 2.24) is 10.6 Å². The molecule has 23 heavy (non-hydrogen) atoms. The van der Waals surface area contributed by atoms with Crippen molar-refractivity contribution in [1.29, 1.82) is 0 Å². The van der Waals surface area contributed by atoms with Crippen LogP contribution in [0, 0.1) is 0 Å². The Morgan fingerprint density at radius 3 is 2.09 bits per heavy atom. The zero-order chi connectivity index (χ0) is 17.3. The number of hydrogen-bond acceptors (Lipinski definition) is 2. The molecule has 1 atom stereocenters. The van der Waals surface area contributed by atoms with Crippen LogP contribution in [-0.2, 0) is 12.4 Å². The van der Waals surface area contributed by atoms with Crippen LogP contribution in [0.15, 0.2) is 18.2 Å². The third kappa shape index (κ3) is 4.60. The molecule has 0 radical (unpaired) electrons. The van der Waals surface area contributed by atoms with Crippen molar-refractivity contribution in [2.75, 3.05) is 13.1 Å². The van der Waals surface area contributed by atoms with Crippen LogP contribution >= 0.6 is 0 Å². The second-order valence-electron chi connectivity index (χ2n) is 5.30. The molecular formula is C14H14F6N2O. The van der Waals surface area contributed by atoms with Crippen molar-refractivity contribution in [3.8, 4) is 0 Å². The van der Waals surface area contributed by atoms with E-state index in [1.165, 1.54) is 0 Å². The summed E-state index contributed by atoms with van der Waals surface area (Å²) in [6.45, 7) is 0.915. The van der Waals surface area contributed by atoms with Gasteiger partial charge in [0, 0.05) is 18.2 Å². The Bertz CT molecular complexity index is 543. The molecule has 0 bridgehead atoms. The van der Waals surface area contributed by atoms with Crippen LogP contribution in [0.5, 0.6) is 0 Å². The number of alkyl halides is 6. The average Bonchev–Trinajstić information content (AvgIpc) is 2.95. The van der Waals surface area contributed by atoms with Gasteiger partial charge in [0.25, 0.3) is 5.91 Å². The third-order valence-corrected chi connectivity index (χ3v) is 3.52. The second-order valence-corrected chi connectivity index (χ2v) is 5.30. The lowest BCUT2D eigenvalue weighted by Gasteiger charge is -2.15. The summed E-state index contributed by atoms with van der Waals surface area (Å²) in [7, 11) is 0. The quantitative estimate of drug-likeness (QED) is 0.830. The molecule has 1 saturated heterocycles. The first-order valence-electron chi connectivity index (χ1n) is 6.88. The lowest BCUT2D eigenvalue weighted by Crippen LogP contribution is -2.37. The van der Waals surface area contributed by atoms with Crippen LogP contribution in [-0.4, -0.2) is 25.0 Å². The van der Waals surface area contributed by atoms with E-state index in [9.17, 15) is 31.1 Å². The van der Waals surface area contributed by atoms with Gasteiger partial charge in [0.05, 0.1) is 11.1 Å². The van der Waals surface area contributed by atoms with Gasteiger partial charge in [-0.25, -0.2) is 0 Å². The topological polar surface area (TPSA) is 41.1 Å². The van der Waals surface area contributed by atoms with Crippen LogP contribution in [0.3, 0.4) is 0 Å².